The van der Waals surface area contributed by atoms with Crippen LogP contribution >= 0.6 is 0 Å². The number of rotatable bonds is 5. The van der Waals surface area contributed by atoms with E-state index in [1.165, 1.54) is 12.1 Å². The second-order valence-electron chi connectivity index (χ2n) is 5.26. The van der Waals surface area contributed by atoms with Crippen molar-refractivity contribution in [3.05, 3.63) is 29.6 Å². The van der Waals surface area contributed by atoms with Crippen LogP contribution in [0.2, 0.25) is 0 Å². The quantitative estimate of drug-likeness (QED) is 0.783. The zero-order chi connectivity index (χ0) is 15.2. The summed E-state index contributed by atoms with van der Waals surface area (Å²) in [6.07, 6.45) is 1.58. The van der Waals surface area contributed by atoms with Gasteiger partial charge in [0.25, 0.3) is 0 Å². The Morgan fingerprint density at radius 2 is 2.10 bits per heavy atom. The van der Waals surface area contributed by atoms with Crippen LogP contribution in [0.5, 0.6) is 5.75 Å². The lowest BCUT2D eigenvalue weighted by atomic mass is 9.96. The maximum absolute atomic E-state index is 13.4. The number of methoxy groups -OCH3 is 1. The normalized spacial score (nSPS) is 16.7. The van der Waals surface area contributed by atoms with E-state index in [0.717, 1.165) is 31.5 Å². The van der Waals surface area contributed by atoms with Crippen molar-refractivity contribution >= 4 is 5.97 Å². The number of ether oxygens (including phenoxy) is 2. The number of benzene rings is 1. The van der Waals surface area contributed by atoms with E-state index in [4.69, 9.17) is 9.47 Å². The predicted molar refractivity (Wildman–Crippen MR) is 77.6 cm³/mol. The fraction of sp³-hybridized carbons (Fsp3) is 0.562. The molecule has 0 aliphatic carbocycles. The molecule has 0 amide bonds. The fourth-order valence-corrected chi connectivity index (χ4v) is 2.70. The molecule has 0 radical (unpaired) electrons. The van der Waals surface area contributed by atoms with E-state index in [1.807, 2.05) is 6.92 Å². The van der Waals surface area contributed by atoms with Gasteiger partial charge < -0.3 is 9.47 Å². The minimum absolute atomic E-state index is 0.00407. The van der Waals surface area contributed by atoms with Gasteiger partial charge in [-0.1, -0.05) is 0 Å². The number of carbonyl (C=O) groups is 1. The SMILES string of the molecule is CCOC(=O)C1CCN(Cc2cc(F)ccc2OC)CC1. The Balaban J connectivity index is 1.92. The van der Waals surface area contributed by atoms with Gasteiger partial charge in [0.2, 0.25) is 0 Å². The first-order valence-electron chi connectivity index (χ1n) is 7.35. The molecule has 1 aromatic carbocycles. The van der Waals surface area contributed by atoms with Crippen molar-refractivity contribution in [1.29, 1.82) is 0 Å². The molecule has 0 saturated carbocycles. The molecular weight excluding hydrogens is 273 g/mol. The van der Waals surface area contributed by atoms with Gasteiger partial charge >= 0.3 is 5.97 Å². The fourth-order valence-electron chi connectivity index (χ4n) is 2.70. The predicted octanol–water partition coefficient (Wildman–Crippen LogP) is 2.61. The van der Waals surface area contributed by atoms with Crippen molar-refractivity contribution in [2.24, 2.45) is 5.92 Å². The van der Waals surface area contributed by atoms with Crippen molar-refractivity contribution in [1.82, 2.24) is 4.90 Å². The molecule has 2 rings (SSSR count). The van der Waals surface area contributed by atoms with E-state index >= 15 is 0 Å². The van der Waals surface area contributed by atoms with Crippen LogP contribution in [0.3, 0.4) is 0 Å². The molecule has 1 aromatic rings. The summed E-state index contributed by atoms with van der Waals surface area (Å²) >= 11 is 0. The molecule has 1 heterocycles. The summed E-state index contributed by atoms with van der Waals surface area (Å²) in [5.74, 6) is 0.340. The van der Waals surface area contributed by atoms with Crippen LogP contribution in [-0.4, -0.2) is 37.7 Å². The summed E-state index contributed by atoms with van der Waals surface area (Å²) in [7, 11) is 1.59. The molecule has 1 aliphatic rings. The lowest BCUT2D eigenvalue weighted by molar-refractivity contribution is -0.149. The zero-order valence-electron chi connectivity index (χ0n) is 12.6. The average Bonchev–Trinajstić information content (AvgIpc) is 2.48. The van der Waals surface area contributed by atoms with Crippen molar-refractivity contribution in [3.63, 3.8) is 0 Å². The molecule has 1 saturated heterocycles. The molecule has 116 valence electrons. The third-order valence-electron chi connectivity index (χ3n) is 3.84. The van der Waals surface area contributed by atoms with Gasteiger partial charge in [0, 0.05) is 12.1 Å². The third-order valence-corrected chi connectivity index (χ3v) is 3.84. The molecule has 1 aliphatic heterocycles. The summed E-state index contributed by atoms with van der Waals surface area (Å²) in [6.45, 7) is 4.51. The van der Waals surface area contributed by atoms with Crippen LogP contribution < -0.4 is 4.74 Å². The number of esters is 1. The van der Waals surface area contributed by atoms with Gasteiger partial charge in [0.05, 0.1) is 19.6 Å². The number of hydrogen-bond acceptors (Lipinski definition) is 4. The topological polar surface area (TPSA) is 38.8 Å². The summed E-state index contributed by atoms with van der Waals surface area (Å²) in [4.78, 5) is 13.9. The van der Waals surface area contributed by atoms with E-state index in [2.05, 4.69) is 4.90 Å². The van der Waals surface area contributed by atoms with Crippen LogP contribution in [0.4, 0.5) is 4.39 Å². The van der Waals surface area contributed by atoms with Crippen molar-refractivity contribution in [2.45, 2.75) is 26.3 Å². The van der Waals surface area contributed by atoms with Gasteiger partial charge in [-0.25, -0.2) is 4.39 Å². The van der Waals surface area contributed by atoms with E-state index in [9.17, 15) is 9.18 Å². The average molecular weight is 295 g/mol. The van der Waals surface area contributed by atoms with Gasteiger partial charge in [-0.2, -0.15) is 0 Å². The van der Waals surface area contributed by atoms with Crippen molar-refractivity contribution in [2.75, 3.05) is 26.8 Å². The number of hydrogen-bond donors (Lipinski definition) is 0. The van der Waals surface area contributed by atoms with Crippen LogP contribution in [0.1, 0.15) is 25.3 Å². The summed E-state index contributed by atoms with van der Waals surface area (Å²) in [6, 6.07) is 4.56. The standard InChI is InChI=1S/C16H22FNO3/c1-3-21-16(19)12-6-8-18(9-7-12)11-13-10-14(17)4-5-15(13)20-2/h4-5,10,12H,3,6-9,11H2,1-2H3. The lowest BCUT2D eigenvalue weighted by Gasteiger charge is -2.31. The van der Waals surface area contributed by atoms with Crippen LogP contribution in [0.25, 0.3) is 0 Å². The maximum atomic E-state index is 13.4. The highest BCUT2D eigenvalue weighted by atomic mass is 19.1. The Hall–Kier alpha value is -1.62. The van der Waals surface area contributed by atoms with Gasteiger partial charge in [-0.3, -0.25) is 9.69 Å². The first-order chi connectivity index (χ1) is 10.1. The largest absolute Gasteiger partial charge is 0.496 e. The lowest BCUT2D eigenvalue weighted by Crippen LogP contribution is -2.36. The Bertz CT molecular complexity index is 484. The first kappa shape index (κ1) is 15.8. The van der Waals surface area contributed by atoms with Crippen LogP contribution in [0.15, 0.2) is 18.2 Å². The van der Waals surface area contributed by atoms with Gasteiger partial charge in [-0.05, 0) is 51.1 Å². The summed E-state index contributed by atoms with van der Waals surface area (Å²) in [5, 5.41) is 0. The highest BCUT2D eigenvalue weighted by Gasteiger charge is 2.26. The maximum Gasteiger partial charge on any atom is 0.309 e. The molecule has 0 atom stereocenters. The molecule has 5 heteroatoms. The highest BCUT2D eigenvalue weighted by Crippen LogP contribution is 2.24. The minimum Gasteiger partial charge on any atom is -0.496 e. The third kappa shape index (κ3) is 4.17. The molecule has 1 fully saturated rings. The monoisotopic (exact) mass is 295 g/mol. The van der Waals surface area contributed by atoms with Gasteiger partial charge in [-0.15, -0.1) is 0 Å². The summed E-state index contributed by atoms with van der Waals surface area (Å²) in [5.41, 5.74) is 0.840. The minimum atomic E-state index is -0.257. The van der Waals surface area contributed by atoms with Crippen LogP contribution in [-0.2, 0) is 16.1 Å². The molecular formula is C16H22FNO3. The highest BCUT2D eigenvalue weighted by molar-refractivity contribution is 5.72. The first-order valence-corrected chi connectivity index (χ1v) is 7.35. The molecule has 0 spiro atoms. The van der Waals surface area contributed by atoms with E-state index < -0.39 is 0 Å². The Morgan fingerprint density at radius 1 is 1.38 bits per heavy atom. The second kappa shape index (κ2) is 7.41. The van der Waals surface area contributed by atoms with E-state index in [-0.39, 0.29) is 17.7 Å². The molecule has 0 aromatic heterocycles. The van der Waals surface area contributed by atoms with E-state index in [1.54, 1.807) is 13.2 Å². The number of likely N-dealkylation sites (tertiary alicyclic amines) is 1. The van der Waals surface area contributed by atoms with Gasteiger partial charge in [0.1, 0.15) is 11.6 Å². The Kier molecular flexibility index (Phi) is 5.56. The van der Waals surface area contributed by atoms with Crippen LogP contribution in [0, 0.1) is 11.7 Å². The number of carbonyl (C=O) groups excluding carboxylic acids is 1. The molecule has 21 heavy (non-hydrogen) atoms. The smallest absolute Gasteiger partial charge is 0.309 e. The number of halogens is 1. The van der Waals surface area contributed by atoms with Crippen molar-refractivity contribution < 1.29 is 18.7 Å². The Morgan fingerprint density at radius 3 is 2.71 bits per heavy atom. The molecule has 0 bridgehead atoms. The summed E-state index contributed by atoms with van der Waals surface area (Å²) < 4.78 is 23.7. The Labute approximate surface area is 124 Å². The van der Waals surface area contributed by atoms with Gasteiger partial charge in [0.15, 0.2) is 0 Å². The second-order valence-corrected chi connectivity index (χ2v) is 5.26. The zero-order valence-corrected chi connectivity index (χ0v) is 12.6. The number of nitrogens with zero attached hydrogens (tertiary/aromatic N) is 1. The molecule has 4 nitrogen and oxygen atoms in total. The van der Waals surface area contributed by atoms with E-state index in [0.29, 0.717) is 18.9 Å². The molecule has 0 unspecified atom stereocenters. The molecule has 0 N–H and O–H groups in total. The van der Waals surface area contributed by atoms with Crippen molar-refractivity contribution in [3.8, 4) is 5.75 Å². The number of piperidine rings is 1.